The predicted octanol–water partition coefficient (Wildman–Crippen LogP) is 3.00. The molecule has 0 atom stereocenters. The maximum atomic E-state index is 10.3. The van der Waals surface area contributed by atoms with Crippen LogP contribution in [0.5, 0.6) is 0 Å². The first-order chi connectivity index (χ1) is 8.24. The molecule has 0 N–H and O–H groups in total. The van der Waals surface area contributed by atoms with Gasteiger partial charge in [-0.2, -0.15) is 0 Å². The van der Waals surface area contributed by atoms with Crippen molar-refractivity contribution in [2.75, 3.05) is 0 Å². The standard InChI is InChI=1S/2C7H6O/c2*8-6-7-4-2-1-3-5-7/h2*1-6H/i6D;. The number of aldehydes is 2. The van der Waals surface area contributed by atoms with Crippen LogP contribution in [-0.4, -0.2) is 12.5 Å². The quantitative estimate of drug-likeness (QED) is 0.718. The summed E-state index contributed by atoms with van der Waals surface area (Å²) in [5.74, 6) is 0. The maximum Gasteiger partial charge on any atom is 0.150 e. The van der Waals surface area contributed by atoms with Crippen LogP contribution in [0.15, 0.2) is 60.7 Å². The zero-order valence-electron chi connectivity index (χ0n) is 9.67. The maximum absolute atomic E-state index is 10.3. The summed E-state index contributed by atoms with van der Waals surface area (Å²) in [6, 6.07) is 17.6. The molecule has 2 nitrogen and oxygen atoms in total. The Morgan fingerprint density at radius 2 is 1.19 bits per heavy atom. The third-order valence-corrected chi connectivity index (χ3v) is 1.83. The van der Waals surface area contributed by atoms with Gasteiger partial charge < -0.3 is 0 Å². The van der Waals surface area contributed by atoms with Crippen molar-refractivity contribution in [3.05, 3.63) is 71.8 Å². The zero-order chi connectivity index (χ0) is 12.5. The van der Waals surface area contributed by atoms with Gasteiger partial charge in [0.05, 0.1) is 0 Å². The van der Waals surface area contributed by atoms with Gasteiger partial charge in [0, 0.05) is 11.1 Å². The first-order valence-corrected chi connectivity index (χ1v) is 4.80. The van der Waals surface area contributed by atoms with Crippen molar-refractivity contribution >= 4 is 12.5 Å². The van der Waals surface area contributed by atoms with Crippen molar-refractivity contribution in [2.24, 2.45) is 0 Å². The summed E-state index contributed by atoms with van der Waals surface area (Å²) in [6.45, 7) is 0. The second kappa shape index (κ2) is 7.12. The van der Waals surface area contributed by atoms with E-state index in [1.807, 2.05) is 24.3 Å². The van der Waals surface area contributed by atoms with Gasteiger partial charge in [-0.15, -0.1) is 0 Å². The summed E-state index contributed by atoms with van der Waals surface area (Å²) in [4.78, 5) is 20.3. The zero-order valence-corrected chi connectivity index (χ0v) is 8.67. The fraction of sp³-hybridized carbons (Fsp3) is 0. The molecule has 0 aliphatic heterocycles. The fourth-order valence-electron chi connectivity index (χ4n) is 1.04. The lowest BCUT2D eigenvalue weighted by atomic mass is 10.2. The molecule has 0 bridgehead atoms. The lowest BCUT2D eigenvalue weighted by Gasteiger charge is -1.81. The minimum absolute atomic E-state index is 0.442. The Hall–Kier alpha value is -2.22. The van der Waals surface area contributed by atoms with Gasteiger partial charge in [-0.25, -0.2) is 0 Å². The van der Waals surface area contributed by atoms with Crippen molar-refractivity contribution in [3.8, 4) is 0 Å². The number of rotatable bonds is 2. The van der Waals surface area contributed by atoms with Crippen LogP contribution in [0.25, 0.3) is 0 Å². The molecule has 0 amide bonds. The van der Waals surface area contributed by atoms with Crippen molar-refractivity contribution < 1.29 is 11.0 Å². The van der Waals surface area contributed by atoms with Gasteiger partial charge in [0.25, 0.3) is 0 Å². The highest BCUT2D eigenvalue weighted by atomic mass is 16.1. The molecule has 0 heterocycles. The van der Waals surface area contributed by atoms with Gasteiger partial charge in [-0.1, -0.05) is 60.7 Å². The molecule has 0 spiro atoms. The van der Waals surface area contributed by atoms with Gasteiger partial charge in [-0.05, 0) is 0 Å². The smallest absolute Gasteiger partial charge is 0.150 e. The SMILES string of the molecule is O=Cc1ccccc1.[2H]C(=O)c1ccccc1. The summed E-state index contributed by atoms with van der Waals surface area (Å²) in [5.41, 5.74) is 1.17. The van der Waals surface area contributed by atoms with E-state index < -0.39 is 6.26 Å². The number of hydrogen-bond donors (Lipinski definition) is 0. The Labute approximate surface area is 96.0 Å². The van der Waals surface area contributed by atoms with E-state index in [0.29, 0.717) is 5.56 Å². The van der Waals surface area contributed by atoms with Crippen molar-refractivity contribution in [2.45, 2.75) is 0 Å². The van der Waals surface area contributed by atoms with Crippen LogP contribution >= 0.6 is 0 Å². The molecule has 0 aliphatic rings. The first kappa shape index (κ1) is 10.3. The molecule has 16 heavy (non-hydrogen) atoms. The van der Waals surface area contributed by atoms with E-state index in [2.05, 4.69) is 0 Å². The van der Waals surface area contributed by atoms with Crippen LogP contribution in [0, 0.1) is 0 Å². The molecular formula is C14H12O2. The molecule has 2 aromatic carbocycles. The largest absolute Gasteiger partial charge is 0.298 e. The Kier molecular flexibility index (Phi) is 4.59. The van der Waals surface area contributed by atoms with Gasteiger partial charge in [0.2, 0.25) is 0 Å². The predicted molar refractivity (Wildman–Crippen MR) is 63.7 cm³/mol. The number of carbonyl (C=O) groups is 2. The second-order valence-electron chi connectivity index (χ2n) is 3.00. The molecular weight excluding hydrogens is 200 g/mol. The highest BCUT2D eigenvalue weighted by Crippen LogP contribution is 1.92. The van der Waals surface area contributed by atoms with Crippen molar-refractivity contribution in [1.29, 1.82) is 0 Å². The van der Waals surface area contributed by atoms with E-state index >= 15 is 0 Å². The van der Waals surface area contributed by atoms with Gasteiger partial charge >= 0.3 is 0 Å². The van der Waals surface area contributed by atoms with Crippen molar-refractivity contribution in [1.82, 2.24) is 0 Å². The Morgan fingerprint density at radius 3 is 1.44 bits per heavy atom. The van der Waals surface area contributed by atoms with Crippen molar-refractivity contribution in [3.63, 3.8) is 0 Å². The minimum atomic E-state index is -0.629. The van der Waals surface area contributed by atoms with E-state index in [0.717, 1.165) is 11.8 Å². The monoisotopic (exact) mass is 213 g/mol. The molecule has 0 fully saturated rings. The van der Waals surface area contributed by atoms with Crippen LogP contribution < -0.4 is 0 Å². The summed E-state index contributed by atoms with van der Waals surface area (Å²) in [5, 5.41) is 0. The van der Waals surface area contributed by atoms with Gasteiger partial charge in [0.15, 0.2) is 0 Å². The molecule has 0 aliphatic carbocycles. The van der Waals surface area contributed by atoms with Crippen LogP contribution in [0.4, 0.5) is 0 Å². The van der Waals surface area contributed by atoms with Crippen LogP contribution in [0.3, 0.4) is 0 Å². The number of hydrogen-bond acceptors (Lipinski definition) is 2. The lowest BCUT2D eigenvalue weighted by molar-refractivity contribution is 0.111. The molecule has 2 heteroatoms. The minimum Gasteiger partial charge on any atom is -0.298 e. The summed E-state index contributed by atoms with van der Waals surface area (Å²) in [6.07, 6.45) is 0.204. The third kappa shape index (κ3) is 4.33. The van der Waals surface area contributed by atoms with E-state index in [-0.39, 0.29) is 0 Å². The van der Waals surface area contributed by atoms with Gasteiger partial charge in [0.1, 0.15) is 13.9 Å². The van der Waals surface area contributed by atoms with Crippen LogP contribution in [0.2, 0.25) is 0 Å². The molecule has 0 unspecified atom stereocenters. The average molecular weight is 213 g/mol. The van der Waals surface area contributed by atoms with Crippen LogP contribution in [0.1, 0.15) is 22.1 Å². The van der Waals surface area contributed by atoms with Crippen LogP contribution in [-0.2, 0) is 0 Å². The highest BCUT2D eigenvalue weighted by molar-refractivity contribution is 5.74. The lowest BCUT2D eigenvalue weighted by Crippen LogP contribution is -1.73. The van der Waals surface area contributed by atoms with Gasteiger partial charge in [-0.3, -0.25) is 9.59 Å². The van der Waals surface area contributed by atoms with E-state index in [4.69, 9.17) is 1.37 Å². The Bertz CT molecular complexity index is 466. The molecule has 2 aromatic rings. The molecule has 80 valence electrons. The molecule has 0 radical (unpaired) electrons. The molecule has 0 saturated heterocycles. The second-order valence-corrected chi connectivity index (χ2v) is 3.00. The normalized spacial score (nSPS) is 9.38. The average Bonchev–Trinajstić information content (AvgIpc) is 2.41. The van der Waals surface area contributed by atoms with E-state index in [1.165, 1.54) is 0 Å². The van der Waals surface area contributed by atoms with E-state index in [1.54, 1.807) is 36.4 Å². The Morgan fingerprint density at radius 1 is 0.750 bits per heavy atom. The molecule has 2 rings (SSSR count). The molecule has 0 aromatic heterocycles. The van der Waals surface area contributed by atoms with E-state index in [9.17, 15) is 9.59 Å². The first-order valence-electron chi connectivity index (χ1n) is 5.30. The third-order valence-electron chi connectivity index (χ3n) is 1.83. The Balaban J connectivity index is 0.000000171. The number of carbonyl (C=O) groups excluding carboxylic acids is 2. The summed E-state index contributed by atoms with van der Waals surface area (Å²) < 4.78 is 6.68. The molecule has 0 saturated carbocycles. The fourth-order valence-corrected chi connectivity index (χ4v) is 1.04. The topological polar surface area (TPSA) is 34.1 Å². The number of benzene rings is 2. The summed E-state index contributed by atoms with van der Waals surface area (Å²) >= 11 is 0. The highest BCUT2D eigenvalue weighted by Gasteiger charge is 1.80. The summed E-state index contributed by atoms with van der Waals surface area (Å²) in [7, 11) is 0.